The highest BCUT2D eigenvalue weighted by Crippen LogP contribution is 2.26. The smallest absolute Gasteiger partial charge is 0.349 e. The van der Waals surface area contributed by atoms with Gasteiger partial charge in [0.1, 0.15) is 12.4 Å². The molecule has 0 spiro atoms. The van der Waals surface area contributed by atoms with Gasteiger partial charge >= 0.3 is 17.6 Å². The first-order valence-corrected chi connectivity index (χ1v) is 14.7. The number of amides is 1. The molecule has 4 aromatic carbocycles. The van der Waals surface area contributed by atoms with Crippen molar-refractivity contribution in [3.8, 4) is 0 Å². The molecule has 9 nitrogen and oxygen atoms in total. The molecule has 230 valence electrons. The van der Waals surface area contributed by atoms with E-state index in [1.807, 2.05) is 48.5 Å². The van der Waals surface area contributed by atoms with E-state index < -0.39 is 53.7 Å². The molecular formula is C34H30FN3O6S. The van der Waals surface area contributed by atoms with Crippen molar-refractivity contribution < 1.29 is 28.2 Å². The number of hydrogen-bond donors (Lipinski definition) is 2. The number of rotatable bonds is 10. The first kappa shape index (κ1) is 31.4. The van der Waals surface area contributed by atoms with Gasteiger partial charge in [-0.25, -0.2) is 18.8 Å². The van der Waals surface area contributed by atoms with Crippen molar-refractivity contribution in [1.29, 1.82) is 0 Å². The molecule has 0 bridgehead atoms. The number of alkyl halides is 1. The van der Waals surface area contributed by atoms with E-state index in [9.17, 15) is 19.2 Å². The van der Waals surface area contributed by atoms with E-state index in [1.165, 1.54) is 26.1 Å². The molecule has 1 N–H and O–H groups in total. The van der Waals surface area contributed by atoms with Gasteiger partial charge in [-0.15, -0.1) is 0 Å². The quantitative estimate of drug-likeness (QED) is 0.149. The standard InChI is InChI=1S/C34H30FN3O6S/c1-20(38-16-15-29(36-21(2)39)37-34(38)42)30(35)31(44-33(41)27-14-12-23-8-4-6-10-25(23)18-27)28(45)19-43-32(40)26-13-11-22-7-3-5-9-24(22)17-26/h3-18,20,28,30-31,45H,19H2,1-2H3,(H,36,37,39,42)/t20-,28-,30-,31-/m1/s1. The summed E-state index contributed by atoms with van der Waals surface area (Å²) in [6.07, 6.45) is -2.25. The Balaban J connectivity index is 1.38. The molecule has 1 amide bonds. The van der Waals surface area contributed by atoms with E-state index >= 15 is 4.39 Å². The fourth-order valence-electron chi connectivity index (χ4n) is 4.92. The molecule has 0 aliphatic rings. The summed E-state index contributed by atoms with van der Waals surface area (Å²) in [6, 6.07) is 25.2. The first-order valence-electron chi connectivity index (χ1n) is 14.2. The Morgan fingerprint density at radius 1 is 0.867 bits per heavy atom. The van der Waals surface area contributed by atoms with Gasteiger partial charge in [0.05, 0.1) is 22.4 Å². The van der Waals surface area contributed by atoms with Crippen LogP contribution in [-0.2, 0) is 14.3 Å². The number of nitrogens with one attached hydrogen (secondary N) is 1. The van der Waals surface area contributed by atoms with Crippen LogP contribution in [-0.4, -0.2) is 51.5 Å². The lowest BCUT2D eigenvalue weighted by Gasteiger charge is -2.30. The van der Waals surface area contributed by atoms with Crippen molar-refractivity contribution in [3.63, 3.8) is 0 Å². The average Bonchev–Trinajstić information content (AvgIpc) is 3.04. The predicted molar refractivity (Wildman–Crippen MR) is 173 cm³/mol. The summed E-state index contributed by atoms with van der Waals surface area (Å²) in [5.74, 6) is -1.88. The Kier molecular flexibility index (Phi) is 9.58. The summed E-state index contributed by atoms with van der Waals surface area (Å²) in [4.78, 5) is 54.1. The number of fused-ring (bicyclic) bond motifs is 2. The van der Waals surface area contributed by atoms with Crippen LogP contribution in [0.15, 0.2) is 102 Å². The minimum absolute atomic E-state index is 0.0123. The summed E-state index contributed by atoms with van der Waals surface area (Å²) >= 11 is 4.50. The largest absolute Gasteiger partial charge is 0.461 e. The van der Waals surface area contributed by atoms with E-state index in [1.54, 1.807) is 36.4 Å². The number of anilines is 1. The molecule has 0 fully saturated rings. The summed E-state index contributed by atoms with van der Waals surface area (Å²) in [6.45, 7) is 2.29. The van der Waals surface area contributed by atoms with Gasteiger partial charge in [0.2, 0.25) is 5.91 Å². The highest BCUT2D eigenvalue weighted by atomic mass is 32.1. The number of benzene rings is 4. The van der Waals surface area contributed by atoms with E-state index in [2.05, 4.69) is 22.9 Å². The topological polar surface area (TPSA) is 117 Å². The number of esters is 2. The molecule has 0 aliphatic heterocycles. The lowest BCUT2D eigenvalue weighted by Crippen LogP contribution is -2.44. The van der Waals surface area contributed by atoms with Crippen LogP contribution in [0.5, 0.6) is 0 Å². The van der Waals surface area contributed by atoms with Crippen LogP contribution in [0.3, 0.4) is 0 Å². The Bertz CT molecular complexity index is 1950. The summed E-state index contributed by atoms with van der Waals surface area (Å²) in [7, 11) is 0. The Hall–Kier alpha value is -5.03. The summed E-state index contributed by atoms with van der Waals surface area (Å²) < 4.78 is 28.5. The number of carbonyl (C=O) groups excluding carboxylic acids is 3. The number of halogens is 1. The number of ether oxygens (including phenoxy) is 2. The number of thiol groups is 1. The maximum Gasteiger partial charge on any atom is 0.349 e. The zero-order chi connectivity index (χ0) is 32.1. The van der Waals surface area contributed by atoms with Crippen LogP contribution < -0.4 is 11.0 Å². The van der Waals surface area contributed by atoms with E-state index in [4.69, 9.17) is 9.47 Å². The normalized spacial score (nSPS) is 13.9. The fourth-order valence-corrected chi connectivity index (χ4v) is 5.22. The van der Waals surface area contributed by atoms with Gasteiger partial charge in [0, 0.05) is 13.1 Å². The maximum atomic E-state index is 16.3. The Morgan fingerprint density at radius 3 is 1.98 bits per heavy atom. The van der Waals surface area contributed by atoms with Crippen molar-refractivity contribution in [2.75, 3.05) is 11.9 Å². The molecule has 45 heavy (non-hydrogen) atoms. The van der Waals surface area contributed by atoms with Crippen molar-refractivity contribution in [2.24, 2.45) is 0 Å². The zero-order valence-corrected chi connectivity index (χ0v) is 25.3. The minimum Gasteiger partial charge on any atom is -0.461 e. The van der Waals surface area contributed by atoms with E-state index in [0.29, 0.717) is 5.56 Å². The number of aromatic nitrogens is 2. The van der Waals surface area contributed by atoms with E-state index in [-0.39, 0.29) is 11.4 Å². The molecule has 0 saturated heterocycles. The molecule has 0 radical (unpaired) electrons. The van der Waals surface area contributed by atoms with Crippen molar-refractivity contribution in [1.82, 2.24) is 9.55 Å². The van der Waals surface area contributed by atoms with Gasteiger partial charge in [-0.3, -0.25) is 9.36 Å². The average molecular weight is 628 g/mol. The number of hydrogen-bond acceptors (Lipinski definition) is 8. The third-order valence-electron chi connectivity index (χ3n) is 7.33. The van der Waals surface area contributed by atoms with Gasteiger partial charge in [-0.05, 0) is 58.8 Å². The van der Waals surface area contributed by atoms with Gasteiger partial charge in [-0.1, -0.05) is 60.7 Å². The van der Waals surface area contributed by atoms with Crippen LogP contribution in [0.1, 0.15) is 40.6 Å². The van der Waals surface area contributed by atoms with Crippen LogP contribution in [0.2, 0.25) is 0 Å². The summed E-state index contributed by atoms with van der Waals surface area (Å²) in [5, 5.41) is 4.78. The van der Waals surface area contributed by atoms with Crippen LogP contribution in [0, 0.1) is 0 Å². The van der Waals surface area contributed by atoms with Gasteiger partial charge in [0.15, 0.2) is 12.3 Å². The molecule has 1 aromatic heterocycles. The van der Waals surface area contributed by atoms with Crippen LogP contribution >= 0.6 is 12.6 Å². The Labute approximate surface area is 263 Å². The second-order valence-corrected chi connectivity index (χ2v) is 11.2. The monoisotopic (exact) mass is 627 g/mol. The van der Waals surface area contributed by atoms with Crippen molar-refractivity contribution in [2.45, 2.75) is 37.4 Å². The lowest BCUT2D eigenvalue weighted by atomic mass is 10.0. The number of carbonyl (C=O) groups is 3. The predicted octanol–water partition coefficient (Wildman–Crippen LogP) is 5.79. The molecule has 1 heterocycles. The van der Waals surface area contributed by atoms with E-state index in [0.717, 1.165) is 26.1 Å². The molecule has 4 atom stereocenters. The summed E-state index contributed by atoms with van der Waals surface area (Å²) in [5.41, 5.74) is -0.346. The Morgan fingerprint density at radius 2 is 1.42 bits per heavy atom. The molecule has 11 heteroatoms. The highest BCUT2D eigenvalue weighted by molar-refractivity contribution is 7.81. The minimum atomic E-state index is -1.98. The highest BCUT2D eigenvalue weighted by Gasteiger charge is 2.37. The number of nitrogens with zero attached hydrogens (tertiary/aromatic N) is 2. The zero-order valence-electron chi connectivity index (χ0n) is 24.4. The lowest BCUT2D eigenvalue weighted by molar-refractivity contribution is -0.114. The second-order valence-electron chi connectivity index (χ2n) is 10.5. The molecule has 0 unspecified atom stereocenters. The van der Waals surface area contributed by atoms with Crippen LogP contribution in [0.4, 0.5) is 10.2 Å². The molecule has 5 aromatic rings. The molecule has 0 saturated carbocycles. The maximum absolute atomic E-state index is 16.3. The second kappa shape index (κ2) is 13.7. The molecular weight excluding hydrogens is 597 g/mol. The third-order valence-corrected chi connectivity index (χ3v) is 7.77. The fraction of sp³-hybridized carbons (Fsp3) is 0.206. The van der Waals surface area contributed by atoms with Gasteiger partial charge in [-0.2, -0.15) is 17.6 Å². The van der Waals surface area contributed by atoms with Crippen molar-refractivity contribution >= 4 is 57.8 Å². The van der Waals surface area contributed by atoms with Crippen LogP contribution in [0.25, 0.3) is 21.5 Å². The first-order chi connectivity index (χ1) is 21.6. The SMILES string of the molecule is CC(=O)Nc1ccn([C@H](C)[C@@H](F)[C@H](OC(=O)c2ccc3ccccc3c2)[C@H](S)COC(=O)c2ccc3ccccc3c2)c(=O)n1. The molecule has 5 rings (SSSR count). The molecule has 0 aliphatic carbocycles. The third kappa shape index (κ3) is 7.38. The van der Waals surface area contributed by atoms with Gasteiger partial charge < -0.3 is 14.8 Å². The van der Waals surface area contributed by atoms with Gasteiger partial charge in [0.25, 0.3) is 0 Å². The van der Waals surface area contributed by atoms with Crippen molar-refractivity contribution in [3.05, 3.63) is 119 Å².